The van der Waals surface area contributed by atoms with Crippen molar-refractivity contribution in [3.63, 3.8) is 0 Å². The van der Waals surface area contributed by atoms with E-state index in [2.05, 4.69) is 21.0 Å². The number of ether oxygens (including phenoxy) is 2. The Kier molecular flexibility index (Phi) is 6.07. The van der Waals surface area contributed by atoms with Gasteiger partial charge in [0.05, 0.1) is 34.7 Å². The van der Waals surface area contributed by atoms with E-state index < -0.39 is 23.5 Å². The number of nitrogens with zero attached hydrogens (tertiary/aromatic N) is 3. The number of nitrogen functional groups attached to an aromatic ring is 1. The van der Waals surface area contributed by atoms with Gasteiger partial charge in [0.15, 0.2) is 11.5 Å². The van der Waals surface area contributed by atoms with Crippen molar-refractivity contribution < 1.29 is 23.5 Å². The van der Waals surface area contributed by atoms with Crippen LogP contribution in [0.2, 0.25) is 0 Å². The Labute approximate surface area is 182 Å². The van der Waals surface area contributed by atoms with Gasteiger partial charge in [-0.05, 0) is 55.8 Å². The van der Waals surface area contributed by atoms with Gasteiger partial charge in [-0.25, -0.2) is 18.7 Å². The van der Waals surface area contributed by atoms with E-state index >= 15 is 0 Å². The third kappa shape index (κ3) is 4.28. The number of aromatic nitrogens is 2. The quantitative estimate of drug-likeness (QED) is 0.527. The number of benzene rings is 1. The molecule has 0 saturated carbocycles. The minimum atomic E-state index is -0.644. The first-order valence-corrected chi connectivity index (χ1v) is 10.3. The second kappa shape index (κ2) is 8.25. The fourth-order valence-corrected chi connectivity index (χ4v) is 3.55. The molecule has 0 atom stereocenters. The molecule has 0 unspecified atom stereocenters. The molecule has 0 radical (unpaired) electrons. The topological polar surface area (TPSA) is 99.7 Å². The molecule has 2 N–H and O–H groups in total. The van der Waals surface area contributed by atoms with Crippen molar-refractivity contribution >= 4 is 33.7 Å². The predicted molar refractivity (Wildman–Crippen MR) is 112 cm³/mol. The van der Waals surface area contributed by atoms with E-state index in [1.165, 1.54) is 15.6 Å². The van der Waals surface area contributed by atoms with Crippen LogP contribution in [0.25, 0.3) is 5.69 Å². The first-order chi connectivity index (χ1) is 14.0. The average Bonchev–Trinajstić information content (AvgIpc) is 3.04. The summed E-state index contributed by atoms with van der Waals surface area (Å²) in [4.78, 5) is 26.6. The van der Waals surface area contributed by atoms with Crippen LogP contribution in [0.5, 0.6) is 0 Å². The number of halogens is 2. The van der Waals surface area contributed by atoms with E-state index in [-0.39, 0.29) is 29.0 Å². The van der Waals surface area contributed by atoms with Crippen LogP contribution in [0.3, 0.4) is 0 Å². The maximum Gasteiger partial charge on any atom is 0.410 e. The number of anilines is 1. The molecule has 1 aromatic heterocycles. The number of fused-ring (bicyclic) bond motifs is 1. The number of amides is 1. The van der Waals surface area contributed by atoms with Gasteiger partial charge in [-0.1, -0.05) is 0 Å². The number of nitrogens with two attached hydrogens (primary N) is 1. The lowest BCUT2D eigenvalue weighted by Crippen LogP contribution is -2.40. The normalized spacial score (nSPS) is 13.7. The average molecular weight is 483 g/mol. The zero-order chi connectivity index (χ0) is 22.2. The Hall–Kier alpha value is -2.62. The highest BCUT2D eigenvalue weighted by molar-refractivity contribution is 9.10. The van der Waals surface area contributed by atoms with Crippen LogP contribution in [-0.2, 0) is 22.4 Å². The Balaban J connectivity index is 2.06. The van der Waals surface area contributed by atoms with Crippen LogP contribution in [0.15, 0.2) is 16.6 Å². The molecule has 1 aliphatic heterocycles. The van der Waals surface area contributed by atoms with Crippen molar-refractivity contribution in [1.29, 1.82) is 0 Å². The summed E-state index contributed by atoms with van der Waals surface area (Å²) in [6, 6.07) is 3.14. The number of hydrogen-bond donors (Lipinski definition) is 1. The van der Waals surface area contributed by atoms with E-state index in [0.717, 1.165) is 0 Å². The molecule has 2 aromatic rings. The van der Waals surface area contributed by atoms with Gasteiger partial charge in [-0.3, -0.25) is 0 Å². The number of esters is 1. The SMILES string of the molecule is CCOC(=O)c1nn(-c2ccc(Br)c(F)c2N)c2c1CN(C(=O)OC(C)(C)C)CC2. The minimum absolute atomic E-state index is 0.0721. The fourth-order valence-electron chi connectivity index (χ4n) is 3.20. The van der Waals surface area contributed by atoms with Gasteiger partial charge in [0.25, 0.3) is 0 Å². The second-order valence-corrected chi connectivity index (χ2v) is 8.71. The summed E-state index contributed by atoms with van der Waals surface area (Å²) in [5, 5.41) is 4.38. The number of carbonyl (C=O) groups is 2. The maximum absolute atomic E-state index is 14.3. The molecule has 0 fully saturated rings. The zero-order valence-electron chi connectivity index (χ0n) is 17.3. The smallest absolute Gasteiger partial charge is 0.410 e. The van der Waals surface area contributed by atoms with Gasteiger partial charge in [-0.15, -0.1) is 0 Å². The molecule has 30 heavy (non-hydrogen) atoms. The molecule has 0 saturated heterocycles. The van der Waals surface area contributed by atoms with E-state index in [9.17, 15) is 14.0 Å². The van der Waals surface area contributed by atoms with Crippen LogP contribution < -0.4 is 5.73 Å². The highest BCUT2D eigenvalue weighted by Crippen LogP contribution is 2.32. The molecule has 162 valence electrons. The summed E-state index contributed by atoms with van der Waals surface area (Å²) >= 11 is 3.11. The lowest BCUT2D eigenvalue weighted by Gasteiger charge is -2.30. The molecular weight excluding hydrogens is 459 g/mol. The highest BCUT2D eigenvalue weighted by atomic mass is 79.9. The van der Waals surface area contributed by atoms with Crippen LogP contribution in [-0.4, -0.2) is 45.5 Å². The van der Waals surface area contributed by atoms with Gasteiger partial charge >= 0.3 is 12.1 Å². The first kappa shape index (κ1) is 22.1. The van der Waals surface area contributed by atoms with Gasteiger partial charge in [0, 0.05) is 18.5 Å². The van der Waals surface area contributed by atoms with E-state index in [1.54, 1.807) is 33.8 Å². The maximum atomic E-state index is 14.3. The van der Waals surface area contributed by atoms with Crippen LogP contribution in [0.1, 0.15) is 49.4 Å². The predicted octanol–water partition coefficient (Wildman–Crippen LogP) is 3.83. The monoisotopic (exact) mass is 482 g/mol. The minimum Gasteiger partial charge on any atom is -0.461 e. The van der Waals surface area contributed by atoms with Gasteiger partial charge < -0.3 is 20.1 Å². The van der Waals surface area contributed by atoms with Crippen molar-refractivity contribution in [2.45, 2.75) is 46.3 Å². The zero-order valence-corrected chi connectivity index (χ0v) is 18.9. The van der Waals surface area contributed by atoms with Crippen molar-refractivity contribution in [3.8, 4) is 5.69 Å². The first-order valence-electron chi connectivity index (χ1n) is 9.53. The molecule has 1 aliphatic rings. The molecule has 0 aliphatic carbocycles. The van der Waals surface area contributed by atoms with Gasteiger partial charge in [0.1, 0.15) is 5.60 Å². The number of rotatable bonds is 3. The van der Waals surface area contributed by atoms with Crippen LogP contribution >= 0.6 is 15.9 Å². The Morgan fingerprint density at radius 2 is 2.03 bits per heavy atom. The van der Waals surface area contributed by atoms with Crippen molar-refractivity contribution in [1.82, 2.24) is 14.7 Å². The highest BCUT2D eigenvalue weighted by Gasteiger charge is 2.33. The van der Waals surface area contributed by atoms with Crippen molar-refractivity contribution in [2.24, 2.45) is 0 Å². The standard InChI is InChI=1S/C20H24BrFN4O4/c1-5-29-18(27)17-11-10-25(19(28)30-20(2,3)4)9-8-13(11)26(24-17)14-7-6-12(21)15(22)16(14)23/h6-7H,5,8-10,23H2,1-4H3. The summed E-state index contributed by atoms with van der Waals surface area (Å²) in [6.45, 7) is 7.70. The summed E-state index contributed by atoms with van der Waals surface area (Å²) < 4.78 is 26.6. The fraction of sp³-hybridized carbons (Fsp3) is 0.450. The lowest BCUT2D eigenvalue weighted by molar-refractivity contribution is 0.0219. The molecule has 0 bridgehead atoms. The van der Waals surface area contributed by atoms with Crippen LogP contribution in [0, 0.1) is 5.82 Å². The molecule has 3 rings (SSSR count). The van der Waals surface area contributed by atoms with Crippen molar-refractivity contribution in [3.05, 3.63) is 39.4 Å². The molecule has 1 aromatic carbocycles. The van der Waals surface area contributed by atoms with Gasteiger partial charge in [-0.2, -0.15) is 5.10 Å². The molecule has 1 amide bonds. The van der Waals surface area contributed by atoms with Crippen molar-refractivity contribution in [2.75, 3.05) is 18.9 Å². The number of carbonyl (C=O) groups excluding carboxylic acids is 2. The third-order valence-electron chi connectivity index (χ3n) is 4.52. The lowest BCUT2D eigenvalue weighted by atomic mass is 10.0. The largest absolute Gasteiger partial charge is 0.461 e. The van der Waals surface area contributed by atoms with Crippen LogP contribution in [0.4, 0.5) is 14.9 Å². The van der Waals surface area contributed by atoms with E-state index in [4.69, 9.17) is 15.2 Å². The molecule has 2 heterocycles. The summed E-state index contributed by atoms with van der Waals surface area (Å²) in [5.74, 6) is -1.23. The Morgan fingerprint density at radius 1 is 1.33 bits per heavy atom. The third-order valence-corrected chi connectivity index (χ3v) is 5.13. The molecule has 10 heteroatoms. The van der Waals surface area contributed by atoms with E-state index in [0.29, 0.717) is 29.9 Å². The summed E-state index contributed by atoms with van der Waals surface area (Å²) in [5.41, 5.74) is 6.82. The molecule has 0 spiro atoms. The number of hydrogen-bond acceptors (Lipinski definition) is 6. The molecule has 8 nitrogen and oxygen atoms in total. The Morgan fingerprint density at radius 3 is 2.67 bits per heavy atom. The summed E-state index contributed by atoms with van der Waals surface area (Å²) in [6.07, 6.45) is -0.0946. The second-order valence-electron chi connectivity index (χ2n) is 7.85. The summed E-state index contributed by atoms with van der Waals surface area (Å²) in [7, 11) is 0. The van der Waals surface area contributed by atoms with Gasteiger partial charge in [0.2, 0.25) is 0 Å². The van der Waals surface area contributed by atoms with E-state index in [1.807, 2.05) is 0 Å². The molecular formula is C20H24BrFN4O4. The Bertz CT molecular complexity index is 1000.